The van der Waals surface area contributed by atoms with Crippen LogP contribution in [0.3, 0.4) is 0 Å². The molecule has 1 aromatic carbocycles. The van der Waals surface area contributed by atoms with Gasteiger partial charge in [0.05, 0.1) is 0 Å². The number of benzene rings is 1. The van der Waals surface area contributed by atoms with Crippen molar-refractivity contribution in [2.45, 2.75) is 96.3 Å². The van der Waals surface area contributed by atoms with E-state index in [1.54, 1.807) is 12.1 Å². The smallest absolute Gasteiger partial charge is 0.126 e. The van der Waals surface area contributed by atoms with Gasteiger partial charge >= 0.3 is 0 Å². The maximum absolute atomic E-state index is 13.6. The fraction of sp³-hybridized carbons (Fsp3) is 0.769. The number of hydrogen-bond donors (Lipinski definition) is 0. The van der Waals surface area contributed by atoms with E-state index in [0.29, 0.717) is 5.92 Å². The Bertz CT molecular complexity index is 611. The highest BCUT2D eigenvalue weighted by molar-refractivity contribution is 5.22. The van der Waals surface area contributed by atoms with Crippen LogP contribution in [0.1, 0.15) is 102 Å². The summed E-state index contributed by atoms with van der Waals surface area (Å²) in [5, 5.41) is 0. The van der Waals surface area contributed by atoms with Gasteiger partial charge in [-0.05, 0) is 85.3 Å². The minimum atomic E-state index is -0.422. The number of halogens is 2. The van der Waals surface area contributed by atoms with E-state index in [4.69, 9.17) is 0 Å². The van der Waals surface area contributed by atoms with E-state index in [-0.39, 0.29) is 0 Å². The third kappa shape index (κ3) is 4.97. The van der Waals surface area contributed by atoms with Gasteiger partial charge in [-0.15, -0.1) is 0 Å². The molecule has 3 aliphatic rings. The van der Waals surface area contributed by atoms with E-state index in [9.17, 15) is 8.78 Å². The molecule has 0 aliphatic heterocycles. The molecular formula is C26H38F2. The first kappa shape index (κ1) is 20.4. The normalized spacial score (nSPS) is 36.1. The molecule has 3 fully saturated rings. The van der Waals surface area contributed by atoms with Crippen LogP contribution in [0, 0.1) is 41.2 Å². The summed E-state index contributed by atoms with van der Waals surface area (Å²) in [4.78, 5) is 0. The van der Waals surface area contributed by atoms with Crippen LogP contribution in [0.4, 0.5) is 8.78 Å². The van der Waals surface area contributed by atoms with Gasteiger partial charge in [0.15, 0.2) is 0 Å². The molecule has 0 N–H and O–H groups in total. The van der Waals surface area contributed by atoms with Gasteiger partial charge in [0.1, 0.15) is 11.6 Å². The van der Waals surface area contributed by atoms with Crippen molar-refractivity contribution >= 4 is 0 Å². The Morgan fingerprint density at radius 3 is 1.96 bits per heavy atom. The van der Waals surface area contributed by atoms with E-state index in [1.165, 1.54) is 70.6 Å². The molecule has 0 saturated heterocycles. The lowest BCUT2D eigenvalue weighted by Crippen LogP contribution is -2.30. The molecule has 0 radical (unpaired) electrons. The van der Waals surface area contributed by atoms with Crippen LogP contribution in [0.25, 0.3) is 0 Å². The van der Waals surface area contributed by atoms with Gasteiger partial charge < -0.3 is 0 Å². The Balaban J connectivity index is 1.24. The molecule has 156 valence electrons. The third-order valence-corrected chi connectivity index (χ3v) is 8.60. The molecule has 0 aromatic heterocycles. The molecule has 28 heavy (non-hydrogen) atoms. The fourth-order valence-electron chi connectivity index (χ4n) is 6.76. The minimum Gasteiger partial charge on any atom is -0.207 e. The predicted molar refractivity (Wildman–Crippen MR) is 112 cm³/mol. The van der Waals surface area contributed by atoms with E-state index in [1.807, 2.05) is 0 Å². The molecule has 0 bridgehead atoms. The molecular weight excluding hydrogens is 350 g/mol. The standard InChI is InChI=1S/C26H38F2/c1-2-18-3-5-19(6-4-18)7-8-20-9-10-22-14-23(12-11-21(22)13-20)24-15-25(27)17-26(28)16-24/h15-23H,2-14H2,1H3. The monoisotopic (exact) mass is 388 g/mol. The SMILES string of the molecule is CCC1CCC(CCC2CCC3CC(c4cc(F)cc(F)c4)CCC3C2)CC1. The number of rotatable bonds is 5. The van der Waals surface area contributed by atoms with Gasteiger partial charge in [0.25, 0.3) is 0 Å². The van der Waals surface area contributed by atoms with E-state index >= 15 is 0 Å². The lowest BCUT2D eigenvalue weighted by molar-refractivity contribution is 0.108. The molecule has 4 unspecified atom stereocenters. The van der Waals surface area contributed by atoms with Crippen molar-refractivity contribution < 1.29 is 8.78 Å². The highest BCUT2D eigenvalue weighted by Gasteiger charge is 2.36. The number of fused-ring (bicyclic) bond motifs is 1. The molecule has 1 aromatic rings. The maximum Gasteiger partial charge on any atom is 0.126 e. The lowest BCUT2D eigenvalue weighted by atomic mass is 9.63. The largest absolute Gasteiger partial charge is 0.207 e. The van der Waals surface area contributed by atoms with Crippen LogP contribution in [-0.4, -0.2) is 0 Å². The quantitative estimate of drug-likeness (QED) is 0.476. The topological polar surface area (TPSA) is 0 Å². The van der Waals surface area contributed by atoms with E-state index < -0.39 is 11.6 Å². The molecule has 0 amide bonds. The van der Waals surface area contributed by atoms with Crippen molar-refractivity contribution in [3.05, 3.63) is 35.4 Å². The van der Waals surface area contributed by atoms with Crippen LogP contribution in [0.2, 0.25) is 0 Å². The molecule has 3 aliphatic carbocycles. The van der Waals surface area contributed by atoms with Crippen molar-refractivity contribution in [1.29, 1.82) is 0 Å². The average Bonchev–Trinajstić information content (AvgIpc) is 2.71. The Morgan fingerprint density at radius 2 is 1.25 bits per heavy atom. The average molecular weight is 389 g/mol. The predicted octanol–water partition coefficient (Wildman–Crippen LogP) is 8.26. The van der Waals surface area contributed by atoms with E-state index in [0.717, 1.165) is 54.1 Å². The highest BCUT2D eigenvalue weighted by atomic mass is 19.1. The van der Waals surface area contributed by atoms with Crippen LogP contribution in [0.5, 0.6) is 0 Å². The van der Waals surface area contributed by atoms with Crippen molar-refractivity contribution in [3.63, 3.8) is 0 Å². The van der Waals surface area contributed by atoms with Gasteiger partial charge in [0.2, 0.25) is 0 Å². The fourth-order valence-corrected chi connectivity index (χ4v) is 6.76. The van der Waals surface area contributed by atoms with Crippen LogP contribution < -0.4 is 0 Å². The molecule has 0 nitrogen and oxygen atoms in total. The van der Waals surface area contributed by atoms with Crippen molar-refractivity contribution in [1.82, 2.24) is 0 Å². The van der Waals surface area contributed by atoms with Gasteiger partial charge in [-0.1, -0.05) is 58.3 Å². The molecule has 3 saturated carbocycles. The summed E-state index contributed by atoms with van der Waals surface area (Å²) in [6.07, 6.45) is 17.8. The zero-order valence-corrected chi connectivity index (χ0v) is 17.6. The first-order chi connectivity index (χ1) is 13.6. The summed E-state index contributed by atoms with van der Waals surface area (Å²) in [5.74, 6) is 4.10. The Labute approximate surface area is 170 Å². The first-order valence-corrected chi connectivity index (χ1v) is 12.1. The molecule has 4 rings (SSSR count). The Hall–Kier alpha value is -0.920. The summed E-state index contributed by atoms with van der Waals surface area (Å²) >= 11 is 0. The van der Waals surface area contributed by atoms with Crippen molar-refractivity contribution in [3.8, 4) is 0 Å². The highest BCUT2D eigenvalue weighted by Crippen LogP contribution is 2.49. The Morgan fingerprint density at radius 1 is 0.679 bits per heavy atom. The van der Waals surface area contributed by atoms with Crippen molar-refractivity contribution in [2.75, 3.05) is 0 Å². The summed E-state index contributed by atoms with van der Waals surface area (Å²) in [5.41, 5.74) is 0.890. The van der Waals surface area contributed by atoms with Crippen LogP contribution >= 0.6 is 0 Å². The summed E-state index contributed by atoms with van der Waals surface area (Å²) in [6, 6.07) is 4.12. The van der Waals surface area contributed by atoms with Crippen molar-refractivity contribution in [2.24, 2.45) is 29.6 Å². The van der Waals surface area contributed by atoms with Gasteiger partial charge in [-0.3, -0.25) is 0 Å². The molecule has 0 spiro atoms. The minimum absolute atomic E-state index is 0.358. The van der Waals surface area contributed by atoms with Crippen LogP contribution in [-0.2, 0) is 0 Å². The van der Waals surface area contributed by atoms with Gasteiger partial charge in [0, 0.05) is 6.07 Å². The molecule has 2 heteroatoms. The second-order valence-corrected chi connectivity index (χ2v) is 10.3. The lowest BCUT2D eigenvalue weighted by Gasteiger charge is -2.42. The van der Waals surface area contributed by atoms with Crippen LogP contribution in [0.15, 0.2) is 18.2 Å². The first-order valence-electron chi connectivity index (χ1n) is 12.1. The number of hydrogen-bond acceptors (Lipinski definition) is 0. The second kappa shape index (κ2) is 9.26. The molecule has 4 atom stereocenters. The molecule has 0 heterocycles. The Kier molecular flexibility index (Phi) is 6.74. The maximum atomic E-state index is 13.6. The van der Waals surface area contributed by atoms with E-state index in [2.05, 4.69) is 6.92 Å². The third-order valence-electron chi connectivity index (χ3n) is 8.60. The second-order valence-electron chi connectivity index (χ2n) is 10.3. The zero-order valence-electron chi connectivity index (χ0n) is 17.6. The summed E-state index contributed by atoms with van der Waals surface area (Å²) < 4.78 is 27.2. The van der Waals surface area contributed by atoms with Gasteiger partial charge in [-0.2, -0.15) is 0 Å². The summed E-state index contributed by atoms with van der Waals surface area (Å²) in [6.45, 7) is 2.35. The van der Waals surface area contributed by atoms with Gasteiger partial charge in [-0.25, -0.2) is 8.78 Å². The summed E-state index contributed by atoms with van der Waals surface area (Å²) in [7, 11) is 0. The zero-order chi connectivity index (χ0) is 19.5.